The quantitative estimate of drug-likeness (QED) is 0.849. The largest absolute Gasteiger partial charge is 0.373 e. The van der Waals surface area contributed by atoms with Gasteiger partial charge in [-0.25, -0.2) is 9.97 Å². The molecule has 0 bridgehead atoms. The lowest BCUT2D eigenvalue weighted by Crippen LogP contribution is -2.04. The number of hydrogen-bond donors (Lipinski definition) is 1. The number of aromatic nitrogens is 2. The molecule has 1 N–H and O–H groups in total. The maximum atomic E-state index is 6.29. The summed E-state index contributed by atoms with van der Waals surface area (Å²) in [7, 11) is 1.86. The minimum Gasteiger partial charge on any atom is -0.373 e. The standard InChI is InChI=1S/C16H17Cl2N3/c1-19-14-9-13(10-5-2-3-6-10)20-16(21-14)15-11(17)7-4-8-12(15)18/h4,7-10H,2-3,5-6H2,1H3,(H,19,20,21). The monoisotopic (exact) mass is 321 g/mol. The molecule has 2 aromatic rings. The Morgan fingerprint density at radius 3 is 2.38 bits per heavy atom. The van der Waals surface area contributed by atoms with Crippen molar-refractivity contribution in [3.63, 3.8) is 0 Å². The maximum absolute atomic E-state index is 6.29. The van der Waals surface area contributed by atoms with Crippen LogP contribution in [0.15, 0.2) is 24.3 Å². The Morgan fingerprint density at radius 2 is 1.76 bits per heavy atom. The van der Waals surface area contributed by atoms with Crippen molar-refractivity contribution < 1.29 is 0 Å². The summed E-state index contributed by atoms with van der Waals surface area (Å²) in [4.78, 5) is 9.26. The van der Waals surface area contributed by atoms with Crippen LogP contribution in [0.2, 0.25) is 10.0 Å². The number of hydrogen-bond acceptors (Lipinski definition) is 3. The molecule has 1 saturated carbocycles. The van der Waals surface area contributed by atoms with Gasteiger partial charge in [0.2, 0.25) is 0 Å². The Morgan fingerprint density at radius 1 is 1.10 bits per heavy atom. The first-order valence-corrected chi connectivity index (χ1v) is 7.95. The molecule has 0 aliphatic heterocycles. The van der Waals surface area contributed by atoms with Crippen molar-refractivity contribution in [1.82, 2.24) is 9.97 Å². The van der Waals surface area contributed by atoms with Gasteiger partial charge in [0.15, 0.2) is 5.82 Å². The van der Waals surface area contributed by atoms with Gasteiger partial charge >= 0.3 is 0 Å². The van der Waals surface area contributed by atoms with E-state index in [4.69, 9.17) is 28.2 Å². The van der Waals surface area contributed by atoms with Crippen molar-refractivity contribution in [3.05, 3.63) is 40.0 Å². The van der Waals surface area contributed by atoms with E-state index in [0.717, 1.165) is 11.5 Å². The summed E-state index contributed by atoms with van der Waals surface area (Å²) in [5.74, 6) is 1.91. The molecule has 0 spiro atoms. The van der Waals surface area contributed by atoms with Crippen LogP contribution in [0.3, 0.4) is 0 Å². The summed E-state index contributed by atoms with van der Waals surface area (Å²) in [6.45, 7) is 0. The Balaban J connectivity index is 2.11. The number of nitrogens with zero attached hydrogens (tertiary/aromatic N) is 2. The third-order valence-corrected chi connectivity index (χ3v) is 4.59. The lowest BCUT2D eigenvalue weighted by molar-refractivity contribution is 0.696. The van der Waals surface area contributed by atoms with E-state index in [1.54, 1.807) is 0 Å². The summed E-state index contributed by atoms with van der Waals surface area (Å²) in [6, 6.07) is 7.49. The van der Waals surface area contributed by atoms with E-state index in [1.165, 1.54) is 25.7 Å². The highest BCUT2D eigenvalue weighted by Gasteiger charge is 2.21. The molecule has 1 fully saturated rings. The van der Waals surface area contributed by atoms with Crippen LogP contribution in [0.1, 0.15) is 37.3 Å². The first-order chi connectivity index (χ1) is 10.2. The molecule has 0 amide bonds. The van der Waals surface area contributed by atoms with Gasteiger partial charge in [0, 0.05) is 24.7 Å². The normalized spacial score (nSPS) is 15.4. The molecule has 1 aliphatic carbocycles. The average Bonchev–Trinajstić information content (AvgIpc) is 3.01. The molecule has 0 saturated heterocycles. The number of benzene rings is 1. The minimum absolute atomic E-state index is 0.514. The molecule has 1 aromatic heterocycles. The predicted molar refractivity (Wildman–Crippen MR) is 88.2 cm³/mol. The third-order valence-electron chi connectivity index (χ3n) is 3.96. The van der Waals surface area contributed by atoms with E-state index in [0.29, 0.717) is 27.4 Å². The van der Waals surface area contributed by atoms with Crippen LogP contribution in [-0.4, -0.2) is 17.0 Å². The summed E-state index contributed by atoms with van der Waals surface area (Å²) < 4.78 is 0. The molecular weight excluding hydrogens is 305 g/mol. The highest BCUT2D eigenvalue weighted by atomic mass is 35.5. The van der Waals surface area contributed by atoms with Gasteiger partial charge in [-0.2, -0.15) is 0 Å². The summed E-state index contributed by atoms with van der Waals surface area (Å²) >= 11 is 12.6. The predicted octanol–water partition coefficient (Wildman–Crippen LogP) is 5.15. The molecule has 21 heavy (non-hydrogen) atoms. The molecule has 0 unspecified atom stereocenters. The molecule has 0 atom stereocenters. The SMILES string of the molecule is CNc1cc(C2CCCC2)nc(-c2c(Cl)cccc2Cl)n1. The second-order valence-electron chi connectivity index (χ2n) is 5.33. The summed E-state index contributed by atoms with van der Waals surface area (Å²) in [6.07, 6.45) is 4.92. The minimum atomic E-state index is 0.514. The first-order valence-electron chi connectivity index (χ1n) is 7.20. The van der Waals surface area contributed by atoms with Crippen molar-refractivity contribution in [2.75, 3.05) is 12.4 Å². The lowest BCUT2D eigenvalue weighted by Gasteiger charge is -2.13. The molecule has 1 aromatic carbocycles. The Labute approximate surface area is 134 Å². The van der Waals surface area contributed by atoms with Gasteiger partial charge in [-0.05, 0) is 25.0 Å². The average molecular weight is 322 g/mol. The van der Waals surface area contributed by atoms with Crippen LogP contribution < -0.4 is 5.32 Å². The van der Waals surface area contributed by atoms with Crippen LogP contribution in [0.5, 0.6) is 0 Å². The molecule has 5 heteroatoms. The van der Waals surface area contributed by atoms with E-state index >= 15 is 0 Å². The molecule has 3 nitrogen and oxygen atoms in total. The number of anilines is 1. The van der Waals surface area contributed by atoms with E-state index < -0.39 is 0 Å². The Hall–Kier alpha value is -1.32. The fraction of sp³-hybridized carbons (Fsp3) is 0.375. The van der Waals surface area contributed by atoms with Crippen molar-refractivity contribution in [3.8, 4) is 11.4 Å². The van der Waals surface area contributed by atoms with Crippen LogP contribution in [0, 0.1) is 0 Å². The van der Waals surface area contributed by atoms with Crippen molar-refractivity contribution in [2.24, 2.45) is 0 Å². The molecule has 110 valence electrons. The van der Waals surface area contributed by atoms with Crippen molar-refractivity contribution in [1.29, 1.82) is 0 Å². The maximum Gasteiger partial charge on any atom is 0.164 e. The van der Waals surface area contributed by atoms with Crippen LogP contribution >= 0.6 is 23.2 Å². The molecule has 3 rings (SSSR count). The smallest absolute Gasteiger partial charge is 0.164 e. The highest BCUT2D eigenvalue weighted by molar-refractivity contribution is 6.38. The van der Waals surface area contributed by atoms with Gasteiger partial charge in [0.05, 0.1) is 15.6 Å². The second kappa shape index (κ2) is 6.20. The first kappa shape index (κ1) is 14.6. The number of nitrogens with one attached hydrogen (secondary N) is 1. The van der Waals surface area contributed by atoms with Crippen LogP contribution in [0.25, 0.3) is 11.4 Å². The zero-order valence-corrected chi connectivity index (χ0v) is 13.4. The molecule has 0 radical (unpaired) electrons. The van der Waals surface area contributed by atoms with E-state index in [-0.39, 0.29) is 0 Å². The van der Waals surface area contributed by atoms with Gasteiger partial charge in [-0.1, -0.05) is 42.1 Å². The summed E-state index contributed by atoms with van der Waals surface area (Å²) in [5, 5.41) is 4.26. The van der Waals surface area contributed by atoms with E-state index in [2.05, 4.69) is 10.3 Å². The van der Waals surface area contributed by atoms with E-state index in [1.807, 2.05) is 31.3 Å². The topological polar surface area (TPSA) is 37.8 Å². The fourth-order valence-corrected chi connectivity index (χ4v) is 3.41. The van der Waals surface area contributed by atoms with Gasteiger partial charge in [-0.15, -0.1) is 0 Å². The third kappa shape index (κ3) is 2.99. The van der Waals surface area contributed by atoms with Crippen molar-refractivity contribution in [2.45, 2.75) is 31.6 Å². The van der Waals surface area contributed by atoms with Gasteiger partial charge in [0.1, 0.15) is 5.82 Å². The molecular formula is C16H17Cl2N3. The molecule has 1 aliphatic rings. The zero-order chi connectivity index (χ0) is 14.8. The van der Waals surface area contributed by atoms with Gasteiger partial charge in [-0.3, -0.25) is 0 Å². The molecule has 1 heterocycles. The zero-order valence-electron chi connectivity index (χ0n) is 11.9. The number of rotatable bonds is 3. The Bertz CT molecular complexity index is 632. The van der Waals surface area contributed by atoms with Crippen LogP contribution in [-0.2, 0) is 0 Å². The van der Waals surface area contributed by atoms with Gasteiger partial charge < -0.3 is 5.32 Å². The highest BCUT2D eigenvalue weighted by Crippen LogP contribution is 2.37. The number of halogens is 2. The van der Waals surface area contributed by atoms with Crippen LogP contribution in [0.4, 0.5) is 5.82 Å². The van der Waals surface area contributed by atoms with Gasteiger partial charge in [0.25, 0.3) is 0 Å². The Kier molecular flexibility index (Phi) is 4.32. The van der Waals surface area contributed by atoms with Crippen molar-refractivity contribution >= 4 is 29.0 Å². The summed E-state index contributed by atoms with van der Waals surface area (Å²) in [5.41, 5.74) is 1.79. The van der Waals surface area contributed by atoms with E-state index in [9.17, 15) is 0 Å². The second-order valence-corrected chi connectivity index (χ2v) is 6.14. The lowest BCUT2D eigenvalue weighted by atomic mass is 10.0. The fourth-order valence-electron chi connectivity index (χ4n) is 2.85.